The second-order valence-electron chi connectivity index (χ2n) is 6.58. The molecule has 0 N–H and O–H groups in total. The van der Waals surface area contributed by atoms with E-state index in [0.29, 0.717) is 22.1 Å². The molecule has 1 aliphatic rings. The van der Waals surface area contributed by atoms with Gasteiger partial charge in [-0.2, -0.15) is 0 Å². The number of likely N-dealkylation sites (tertiary alicyclic amines) is 1. The second kappa shape index (κ2) is 9.59. The summed E-state index contributed by atoms with van der Waals surface area (Å²) < 4.78 is 25.8. The number of nitrogens with zero attached hydrogens (tertiary/aromatic N) is 2. The normalized spacial score (nSPS) is 15.0. The van der Waals surface area contributed by atoms with Gasteiger partial charge in [-0.3, -0.25) is 9.10 Å². The van der Waals surface area contributed by atoms with Crippen molar-refractivity contribution in [3.8, 4) is 11.5 Å². The Morgan fingerprint density at radius 2 is 1.75 bits per heavy atom. The lowest BCUT2D eigenvalue weighted by atomic mass is 10.1. The molecule has 3 rings (SSSR count). The summed E-state index contributed by atoms with van der Waals surface area (Å²) in [7, 11) is 1.56. The molecule has 0 bridgehead atoms. The molecule has 0 aromatic heterocycles. The number of rotatable bonds is 7. The lowest BCUT2D eigenvalue weighted by Crippen LogP contribution is -2.43. The Kier molecular flexibility index (Phi) is 6.92. The number of methoxy groups -OCH3 is 2. The SMILES string of the molecule is COc1ccc(OC)c(N(CC(=O)N2CCCCC2)S(=O)c2ccccc2)c1. The molecule has 0 spiro atoms. The van der Waals surface area contributed by atoms with Crippen LogP contribution in [-0.2, 0) is 15.8 Å². The number of carbonyl (C=O) groups excluding carboxylic acids is 1. The fraction of sp³-hybridized carbons (Fsp3) is 0.381. The minimum atomic E-state index is -1.57. The van der Waals surface area contributed by atoms with E-state index in [-0.39, 0.29) is 12.5 Å². The first-order valence-electron chi connectivity index (χ1n) is 9.38. The number of amides is 1. The van der Waals surface area contributed by atoms with Crippen LogP contribution in [0, 0.1) is 0 Å². The third-order valence-electron chi connectivity index (χ3n) is 4.79. The smallest absolute Gasteiger partial charge is 0.243 e. The molecule has 1 saturated heterocycles. The van der Waals surface area contributed by atoms with E-state index in [1.165, 1.54) is 0 Å². The van der Waals surface area contributed by atoms with Crippen LogP contribution in [0.4, 0.5) is 5.69 Å². The van der Waals surface area contributed by atoms with E-state index >= 15 is 0 Å². The minimum Gasteiger partial charge on any atom is -0.497 e. The van der Waals surface area contributed by atoms with Gasteiger partial charge in [0.1, 0.15) is 18.0 Å². The van der Waals surface area contributed by atoms with Crippen molar-refractivity contribution in [2.75, 3.05) is 38.2 Å². The van der Waals surface area contributed by atoms with Gasteiger partial charge in [0.15, 0.2) is 11.0 Å². The summed E-state index contributed by atoms with van der Waals surface area (Å²) in [6.07, 6.45) is 3.17. The van der Waals surface area contributed by atoms with Gasteiger partial charge in [0.2, 0.25) is 5.91 Å². The van der Waals surface area contributed by atoms with Crippen LogP contribution in [0.3, 0.4) is 0 Å². The van der Waals surface area contributed by atoms with Gasteiger partial charge in [-0.1, -0.05) is 18.2 Å². The molecule has 0 radical (unpaired) electrons. The molecule has 1 heterocycles. The first kappa shape index (κ1) is 20.2. The fourth-order valence-electron chi connectivity index (χ4n) is 3.26. The average molecular weight is 403 g/mol. The largest absolute Gasteiger partial charge is 0.497 e. The van der Waals surface area contributed by atoms with Crippen LogP contribution in [0.1, 0.15) is 19.3 Å². The Labute approximate surface area is 168 Å². The molecule has 150 valence electrons. The lowest BCUT2D eigenvalue weighted by molar-refractivity contribution is -0.130. The quantitative estimate of drug-likeness (QED) is 0.713. The Bertz CT molecular complexity index is 822. The molecule has 6 nitrogen and oxygen atoms in total. The predicted molar refractivity (Wildman–Crippen MR) is 110 cm³/mol. The molecule has 0 aliphatic carbocycles. The van der Waals surface area contributed by atoms with E-state index in [0.717, 1.165) is 32.4 Å². The Balaban J connectivity index is 1.97. The van der Waals surface area contributed by atoms with Crippen LogP contribution in [0.15, 0.2) is 53.4 Å². The summed E-state index contributed by atoms with van der Waals surface area (Å²) in [5.74, 6) is 1.11. The van der Waals surface area contributed by atoms with Gasteiger partial charge >= 0.3 is 0 Å². The highest BCUT2D eigenvalue weighted by Crippen LogP contribution is 2.34. The molecule has 28 heavy (non-hydrogen) atoms. The highest BCUT2D eigenvalue weighted by atomic mass is 32.2. The number of benzene rings is 2. The number of ether oxygens (including phenoxy) is 2. The highest BCUT2D eigenvalue weighted by Gasteiger charge is 2.26. The Hall–Kier alpha value is -2.54. The van der Waals surface area contributed by atoms with Gasteiger partial charge in [0, 0.05) is 19.2 Å². The molecule has 1 fully saturated rings. The summed E-state index contributed by atoms with van der Waals surface area (Å²) in [6.45, 7) is 1.50. The number of hydrogen-bond donors (Lipinski definition) is 0. The Morgan fingerprint density at radius 3 is 2.39 bits per heavy atom. The molecule has 1 atom stereocenters. The topological polar surface area (TPSA) is 59.1 Å². The first-order chi connectivity index (χ1) is 13.6. The van der Waals surface area contributed by atoms with Crippen LogP contribution in [0.25, 0.3) is 0 Å². The summed E-state index contributed by atoms with van der Waals surface area (Å²) in [5.41, 5.74) is 0.564. The van der Waals surface area contributed by atoms with Gasteiger partial charge in [0.05, 0.1) is 24.8 Å². The second-order valence-corrected chi connectivity index (χ2v) is 7.99. The summed E-state index contributed by atoms with van der Waals surface area (Å²) >= 11 is 0. The molecule has 1 unspecified atom stereocenters. The van der Waals surface area contributed by atoms with Crippen LogP contribution >= 0.6 is 0 Å². The highest BCUT2D eigenvalue weighted by molar-refractivity contribution is 7.86. The standard InChI is InChI=1S/C21H26N2O4S/c1-26-17-11-12-20(27-2)19(15-17)23(28(25)18-9-5-3-6-10-18)16-21(24)22-13-7-4-8-14-22/h3,5-6,9-12,15H,4,7-8,13-14,16H2,1-2H3. The van der Waals surface area contributed by atoms with Crippen molar-refractivity contribution in [2.24, 2.45) is 0 Å². The van der Waals surface area contributed by atoms with Crippen LogP contribution in [0.5, 0.6) is 11.5 Å². The van der Waals surface area contributed by atoms with Crippen molar-refractivity contribution in [2.45, 2.75) is 24.2 Å². The molecular formula is C21H26N2O4S. The molecular weight excluding hydrogens is 376 g/mol. The van der Waals surface area contributed by atoms with Gasteiger partial charge in [-0.25, -0.2) is 4.21 Å². The lowest BCUT2D eigenvalue weighted by Gasteiger charge is -2.31. The van der Waals surface area contributed by atoms with E-state index in [2.05, 4.69) is 0 Å². The third-order valence-corrected chi connectivity index (χ3v) is 6.19. The summed E-state index contributed by atoms with van der Waals surface area (Å²) in [5, 5.41) is 0. The number of carbonyl (C=O) groups is 1. The molecule has 0 saturated carbocycles. The van der Waals surface area contributed by atoms with Gasteiger partial charge < -0.3 is 14.4 Å². The van der Waals surface area contributed by atoms with Crippen molar-refractivity contribution in [1.29, 1.82) is 0 Å². The van der Waals surface area contributed by atoms with Crippen molar-refractivity contribution < 1.29 is 18.5 Å². The molecule has 1 amide bonds. The predicted octanol–water partition coefficient (Wildman–Crippen LogP) is 3.25. The van der Waals surface area contributed by atoms with Crippen molar-refractivity contribution in [1.82, 2.24) is 4.90 Å². The number of anilines is 1. The Morgan fingerprint density at radius 1 is 1.04 bits per heavy atom. The third kappa shape index (κ3) is 4.65. The van der Waals surface area contributed by atoms with Crippen molar-refractivity contribution in [3.05, 3.63) is 48.5 Å². The maximum absolute atomic E-state index is 13.4. The molecule has 7 heteroatoms. The minimum absolute atomic E-state index is 0.00499. The van der Waals surface area contributed by atoms with E-state index < -0.39 is 11.0 Å². The molecule has 1 aliphatic heterocycles. The monoisotopic (exact) mass is 402 g/mol. The maximum Gasteiger partial charge on any atom is 0.243 e. The summed E-state index contributed by atoms with van der Waals surface area (Å²) in [4.78, 5) is 15.4. The van der Waals surface area contributed by atoms with E-state index in [4.69, 9.17) is 9.47 Å². The number of piperidine rings is 1. The molecule has 2 aromatic carbocycles. The number of hydrogen-bond acceptors (Lipinski definition) is 4. The molecule has 2 aromatic rings. The zero-order valence-corrected chi connectivity index (χ0v) is 17.1. The zero-order valence-electron chi connectivity index (χ0n) is 16.3. The fourth-order valence-corrected chi connectivity index (χ4v) is 4.45. The van der Waals surface area contributed by atoms with E-state index in [9.17, 15) is 9.00 Å². The van der Waals surface area contributed by atoms with Crippen LogP contribution in [-0.4, -0.2) is 48.9 Å². The maximum atomic E-state index is 13.4. The van der Waals surface area contributed by atoms with Crippen molar-refractivity contribution in [3.63, 3.8) is 0 Å². The van der Waals surface area contributed by atoms with Crippen LogP contribution in [0.2, 0.25) is 0 Å². The van der Waals surface area contributed by atoms with Gasteiger partial charge in [-0.05, 0) is 43.5 Å². The summed E-state index contributed by atoms with van der Waals surface area (Å²) in [6, 6.07) is 14.4. The van der Waals surface area contributed by atoms with Gasteiger partial charge in [0.25, 0.3) is 0 Å². The average Bonchev–Trinajstić information content (AvgIpc) is 2.77. The van der Waals surface area contributed by atoms with Crippen LogP contribution < -0.4 is 13.8 Å². The first-order valence-corrected chi connectivity index (χ1v) is 10.5. The van der Waals surface area contributed by atoms with E-state index in [1.54, 1.807) is 48.9 Å². The van der Waals surface area contributed by atoms with Gasteiger partial charge in [-0.15, -0.1) is 0 Å². The zero-order chi connectivity index (χ0) is 19.9. The van der Waals surface area contributed by atoms with Crippen molar-refractivity contribution >= 4 is 22.6 Å². The van der Waals surface area contributed by atoms with E-state index in [1.807, 2.05) is 23.1 Å².